The summed E-state index contributed by atoms with van der Waals surface area (Å²) >= 11 is 2.73. The van der Waals surface area contributed by atoms with Crippen molar-refractivity contribution in [2.75, 3.05) is 40.6 Å². The van der Waals surface area contributed by atoms with Crippen LogP contribution >= 0.6 is 23.1 Å². The minimum absolute atomic E-state index is 0.00835. The van der Waals surface area contributed by atoms with Gasteiger partial charge in [-0.1, -0.05) is 41.3 Å². The number of anilines is 2. The summed E-state index contributed by atoms with van der Waals surface area (Å²) in [4.78, 5) is 14.7. The summed E-state index contributed by atoms with van der Waals surface area (Å²) in [6.45, 7) is 1.52. The molecule has 0 radical (unpaired) electrons. The lowest BCUT2D eigenvalue weighted by atomic mass is 10.2. The van der Waals surface area contributed by atoms with E-state index in [0.717, 1.165) is 25.1 Å². The van der Waals surface area contributed by atoms with E-state index < -0.39 is 9.84 Å². The number of carbonyl (C=O) groups is 1. The van der Waals surface area contributed by atoms with E-state index in [2.05, 4.69) is 15.5 Å². The number of carbonyl (C=O) groups excluding carboxylic acids is 1. The van der Waals surface area contributed by atoms with Gasteiger partial charge in [0, 0.05) is 18.8 Å². The van der Waals surface area contributed by atoms with E-state index in [0.29, 0.717) is 22.4 Å². The van der Waals surface area contributed by atoms with Crippen LogP contribution in [0.25, 0.3) is 0 Å². The van der Waals surface area contributed by atoms with Crippen molar-refractivity contribution in [2.45, 2.75) is 35.7 Å². The first-order chi connectivity index (χ1) is 14.5. The molecule has 0 aliphatic carbocycles. The van der Waals surface area contributed by atoms with Crippen LogP contribution in [0, 0.1) is 0 Å². The molecule has 11 heteroatoms. The highest BCUT2D eigenvalue weighted by atomic mass is 32.2. The van der Waals surface area contributed by atoms with E-state index in [9.17, 15) is 13.2 Å². The second-order valence-electron chi connectivity index (χ2n) is 7.33. The number of sulfone groups is 1. The molecule has 2 fully saturated rings. The Labute approximate surface area is 184 Å². The first kappa shape index (κ1) is 21.5. The van der Waals surface area contributed by atoms with E-state index >= 15 is 0 Å². The van der Waals surface area contributed by atoms with Gasteiger partial charge in [-0.25, -0.2) is 8.42 Å². The van der Waals surface area contributed by atoms with Crippen molar-refractivity contribution in [2.24, 2.45) is 0 Å². The lowest BCUT2D eigenvalue weighted by Gasteiger charge is -2.28. The molecule has 1 amide bonds. The van der Waals surface area contributed by atoms with Crippen molar-refractivity contribution >= 4 is 49.7 Å². The number of benzene rings is 1. The number of thioether (sulfide) groups is 1. The van der Waals surface area contributed by atoms with Crippen LogP contribution in [-0.2, 0) is 19.4 Å². The van der Waals surface area contributed by atoms with Gasteiger partial charge in [-0.05, 0) is 31.4 Å². The number of hydrogen-bond donors (Lipinski definition) is 1. The van der Waals surface area contributed by atoms with Crippen molar-refractivity contribution in [3.63, 3.8) is 0 Å². The zero-order valence-corrected chi connectivity index (χ0v) is 18.8. The number of nitrogens with one attached hydrogen (secondary N) is 1. The molecule has 2 aromatic rings. The van der Waals surface area contributed by atoms with Gasteiger partial charge in [0.1, 0.15) is 0 Å². The largest absolute Gasteiger partial charge is 0.376 e. The predicted molar refractivity (Wildman–Crippen MR) is 119 cm³/mol. The number of para-hydroxylation sites is 1. The molecule has 8 nitrogen and oxygen atoms in total. The maximum Gasteiger partial charge on any atom is 0.237 e. The maximum atomic E-state index is 13.1. The second kappa shape index (κ2) is 9.63. The lowest BCUT2D eigenvalue weighted by Crippen LogP contribution is -2.42. The highest BCUT2D eigenvalue weighted by Gasteiger charge is 2.35. The third kappa shape index (κ3) is 5.51. The molecular weight excluding hydrogens is 444 g/mol. The quantitative estimate of drug-likeness (QED) is 0.590. The van der Waals surface area contributed by atoms with Crippen molar-refractivity contribution in [3.05, 3.63) is 30.3 Å². The Morgan fingerprint density at radius 1 is 1.27 bits per heavy atom. The summed E-state index contributed by atoms with van der Waals surface area (Å²) in [5, 5.41) is 12.2. The van der Waals surface area contributed by atoms with E-state index in [4.69, 9.17) is 4.74 Å². The topological polar surface area (TPSA) is 101 Å². The van der Waals surface area contributed by atoms with E-state index in [1.54, 1.807) is 4.90 Å². The first-order valence-electron chi connectivity index (χ1n) is 9.89. The Bertz CT molecular complexity index is 961. The van der Waals surface area contributed by atoms with Crippen molar-refractivity contribution < 1.29 is 17.9 Å². The Kier molecular flexibility index (Phi) is 6.91. The first-order valence-corrected chi connectivity index (χ1v) is 13.5. The fraction of sp³-hybridized carbons (Fsp3) is 0.526. The smallest absolute Gasteiger partial charge is 0.237 e. The van der Waals surface area contributed by atoms with Gasteiger partial charge in [0.25, 0.3) is 0 Å². The molecule has 1 aromatic carbocycles. The molecule has 3 heterocycles. The average Bonchev–Trinajstić information content (AvgIpc) is 3.47. The molecule has 0 saturated carbocycles. The van der Waals surface area contributed by atoms with Crippen LogP contribution in [0.1, 0.15) is 19.3 Å². The number of ether oxygens (including phenoxy) is 1. The second-order valence-corrected chi connectivity index (χ2v) is 11.8. The standard InChI is InChI=1S/C19H24N4O4S3/c24-17(12-28-19-22-21-18(29-19)20-11-16-7-4-9-27-16)23(14-5-2-1-3-6-14)15-8-10-30(25,26)13-15/h1-3,5-6,15-16H,4,7-13H2,(H,20,21)/t15-,16-/m1/s1. The van der Waals surface area contributed by atoms with E-state index in [1.165, 1.54) is 23.1 Å². The summed E-state index contributed by atoms with van der Waals surface area (Å²) in [6.07, 6.45) is 2.82. The molecule has 30 heavy (non-hydrogen) atoms. The van der Waals surface area contributed by atoms with Crippen LogP contribution in [0.15, 0.2) is 34.7 Å². The molecule has 1 N–H and O–H groups in total. The predicted octanol–water partition coefficient (Wildman–Crippen LogP) is 2.44. The highest BCUT2D eigenvalue weighted by Crippen LogP contribution is 2.29. The molecule has 162 valence electrons. The Morgan fingerprint density at radius 2 is 2.10 bits per heavy atom. The van der Waals surface area contributed by atoms with Crippen LogP contribution in [-0.4, -0.2) is 67.1 Å². The van der Waals surface area contributed by atoms with Crippen LogP contribution in [0.2, 0.25) is 0 Å². The van der Waals surface area contributed by atoms with Gasteiger partial charge in [-0.2, -0.15) is 0 Å². The number of hydrogen-bond acceptors (Lipinski definition) is 9. The summed E-state index contributed by atoms with van der Waals surface area (Å²) in [6, 6.07) is 8.92. The summed E-state index contributed by atoms with van der Waals surface area (Å²) in [5.41, 5.74) is 0.724. The van der Waals surface area contributed by atoms with Crippen molar-refractivity contribution in [1.82, 2.24) is 10.2 Å². The van der Waals surface area contributed by atoms with Crippen LogP contribution in [0.3, 0.4) is 0 Å². The SMILES string of the molecule is O=C(CSc1nnc(NC[C@H]2CCCO2)s1)N(c1ccccc1)[C@@H]1CCS(=O)(=O)C1. The Hall–Kier alpha value is -1.69. The van der Waals surface area contributed by atoms with Crippen LogP contribution < -0.4 is 10.2 Å². The maximum absolute atomic E-state index is 13.1. The van der Waals surface area contributed by atoms with E-state index in [1.807, 2.05) is 30.3 Å². The molecular formula is C19H24N4O4S3. The summed E-state index contributed by atoms with van der Waals surface area (Å²) < 4.78 is 30.2. The van der Waals surface area contributed by atoms with Gasteiger partial charge in [0.15, 0.2) is 14.2 Å². The van der Waals surface area contributed by atoms with Crippen LogP contribution in [0.4, 0.5) is 10.8 Å². The van der Waals surface area contributed by atoms with Crippen LogP contribution in [0.5, 0.6) is 0 Å². The zero-order chi connectivity index (χ0) is 21.0. The average molecular weight is 469 g/mol. The van der Waals surface area contributed by atoms with Gasteiger partial charge >= 0.3 is 0 Å². The molecule has 4 rings (SSSR count). The Morgan fingerprint density at radius 3 is 2.80 bits per heavy atom. The van der Waals surface area contributed by atoms with Crippen molar-refractivity contribution in [1.29, 1.82) is 0 Å². The Balaban J connectivity index is 1.37. The number of amides is 1. The molecule has 2 aliphatic rings. The fourth-order valence-corrected chi connectivity index (χ4v) is 6.98. The third-order valence-corrected chi connectivity index (χ3v) is 8.86. The molecule has 1 aromatic heterocycles. The monoisotopic (exact) mass is 468 g/mol. The summed E-state index contributed by atoms with van der Waals surface area (Å²) in [7, 11) is -3.10. The van der Waals surface area contributed by atoms with Gasteiger partial charge in [0.05, 0.1) is 29.4 Å². The normalized spacial score (nSPS) is 22.8. The van der Waals surface area contributed by atoms with Gasteiger partial charge in [-0.3, -0.25) is 4.79 Å². The molecule has 2 aliphatic heterocycles. The zero-order valence-electron chi connectivity index (χ0n) is 16.4. The van der Waals surface area contributed by atoms with E-state index in [-0.39, 0.29) is 35.3 Å². The van der Waals surface area contributed by atoms with Gasteiger partial charge < -0.3 is 15.0 Å². The minimum atomic E-state index is -3.10. The molecule has 2 saturated heterocycles. The van der Waals surface area contributed by atoms with Gasteiger partial charge in [-0.15, -0.1) is 10.2 Å². The molecule has 0 unspecified atom stereocenters. The highest BCUT2D eigenvalue weighted by molar-refractivity contribution is 8.01. The fourth-order valence-electron chi connectivity index (χ4n) is 3.67. The third-order valence-electron chi connectivity index (χ3n) is 5.11. The summed E-state index contributed by atoms with van der Waals surface area (Å²) in [5.74, 6) is 0.176. The lowest BCUT2D eigenvalue weighted by molar-refractivity contribution is -0.116. The number of rotatable bonds is 8. The number of nitrogens with zero attached hydrogens (tertiary/aromatic N) is 3. The van der Waals surface area contributed by atoms with Gasteiger partial charge in [0.2, 0.25) is 11.0 Å². The number of aromatic nitrogens is 2. The van der Waals surface area contributed by atoms with Crippen molar-refractivity contribution in [3.8, 4) is 0 Å². The molecule has 0 spiro atoms. The molecule has 0 bridgehead atoms. The molecule has 2 atom stereocenters. The minimum Gasteiger partial charge on any atom is -0.376 e.